The number of likely N-dealkylation sites (tertiary alicyclic amines) is 3. The van der Waals surface area contributed by atoms with Crippen LogP contribution in [0.4, 0.5) is 5.82 Å². The largest absolute Gasteiger partial charge is 0.383 e. The Morgan fingerprint density at radius 1 is 1.03 bits per heavy atom. The number of piperidine rings is 1. The third-order valence-corrected chi connectivity index (χ3v) is 8.95. The quantitative estimate of drug-likeness (QED) is 0.666. The van der Waals surface area contributed by atoms with Gasteiger partial charge in [0.1, 0.15) is 17.8 Å². The van der Waals surface area contributed by atoms with Gasteiger partial charge in [0.15, 0.2) is 5.65 Å². The van der Waals surface area contributed by atoms with Crippen LogP contribution < -0.4 is 5.73 Å². The molecule has 8 heteroatoms. The van der Waals surface area contributed by atoms with Gasteiger partial charge in [-0.2, -0.15) is 5.10 Å². The summed E-state index contributed by atoms with van der Waals surface area (Å²) in [6, 6.07) is 1.75. The maximum Gasteiger partial charge on any atom is 0.164 e. The molecule has 2 N–H and O–H groups in total. The normalized spacial score (nSPS) is 24.8. The van der Waals surface area contributed by atoms with Crippen molar-refractivity contribution in [2.24, 2.45) is 11.8 Å². The lowest BCUT2D eigenvalue weighted by Crippen LogP contribution is -2.69. The molecular weight excluding hydrogens is 448 g/mol. The minimum absolute atomic E-state index is 0.343. The second-order valence-electron chi connectivity index (χ2n) is 11.6. The van der Waals surface area contributed by atoms with E-state index in [0.717, 1.165) is 67.7 Å². The van der Waals surface area contributed by atoms with Crippen LogP contribution in [0.3, 0.4) is 0 Å². The minimum atomic E-state index is 0.343. The molecule has 2 aromatic heterocycles. The summed E-state index contributed by atoms with van der Waals surface area (Å²) in [4.78, 5) is 16.7. The van der Waals surface area contributed by atoms with Gasteiger partial charge in [-0.05, 0) is 43.6 Å². The summed E-state index contributed by atoms with van der Waals surface area (Å²) in [5, 5.41) is 6.02. The van der Waals surface area contributed by atoms with Crippen LogP contribution in [-0.2, 0) is 0 Å². The van der Waals surface area contributed by atoms with Gasteiger partial charge < -0.3 is 10.6 Å². The zero-order valence-corrected chi connectivity index (χ0v) is 22.0. The first-order valence-corrected chi connectivity index (χ1v) is 13.6. The molecule has 5 heterocycles. The number of nitrogen functional groups attached to an aromatic ring is 1. The van der Waals surface area contributed by atoms with Gasteiger partial charge >= 0.3 is 0 Å². The molecule has 1 aliphatic carbocycles. The van der Waals surface area contributed by atoms with Gasteiger partial charge in [-0.25, -0.2) is 14.6 Å². The summed E-state index contributed by atoms with van der Waals surface area (Å²) in [6.45, 7) is 17.7. The summed E-state index contributed by atoms with van der Waals surface area (Å²) in [7, 11) is 0. The van der Waals surface area contributed by atoms with E-state index in [0.29, 0.717) is 35.8 Å². The van der Waals surface area contributed by atoms with E-state index in [1.807, 2.05) is 0 Å². The van der Waals surface area contributed by atoms with Crippen molar-refractivity contribution in [3.8, 4) is 0 Å². The van der Waals surface area contributed by atoms with Crippen molar-refractivity contribution in [2.45, 2.75) is 58.2 Å². The number of aromatic nitrogens is 4. The predicted molar refractivity (Wildman–Crippen MR) is 145 cm³/mol. The van der Waals surface area contributed by atoms with Crippen LogP contribution in [-0.4, -0.2) is 85.8 Å². The summed E-state index contributed by atoms with van der Waals surface area (Å²) >= 11 is 0. The fourth-order valence-electron chi connectivity index (χ4n) is 6.27. The number of rotatable bonds is 6. The lowest BCUT2D eigenvalue weighted by Gasteiger charge is -2.55. The molecule has 8 nitrogen and oxygen atoms in total. The van der Waals surface area contributed by atoms with Crippen LogP contribution in [0, 0.1) is 11.8 Å². The van der Waals surface area contributed by atoms with Gasteiger partial charge in [-0.15, -0.1) is 0 Å². The van der Waals surface area contributed by atoms with Crippen molar-refractivity contribution < 1.29 is 0 Å². The summed E-state index contributed by atoms with van der Waals surface area (Å²) < 4.78 is 2.15. The Morgan fingerprint density at radius 2 is 1.75 bits per heavy atom. The van der Waals surface area contributed by atoms with E-state index >= 15 is 0 Å². The van der Waals surface area contributed by atoms with Crippen LogP contribution in [0.5, 0.6) is 0 Å². The molecule has 3 aliphatic heterocycles. The standard InChI is InChI=1S/C28H40N8/c1-18(2)20-5-7-21(8-6-20)26-25-27(29)30-17-31-28(25)36(32-26)22-9-11-33(12-10-22)23-15-35(16-23)24-13-34(14-24)19(3)4/h5,7-8,17-18,20,22-24H,3,6,9-16H2,1-2,4H3,(H2,29,30,31). The van der Waals surface area contributed by atoms with E-state index in [4.69, 9.17) is 10.8 Å². The minimum Gasteiger partial charge on any atom is -0.383 e. The molecule has 0 bridgehead atoms. The topological polar surface area (TPSA) is 79.3 Å². The molecule has 0 aromatic carbocycles. The first kappa shape index (κ1) is 23.7. The molecule has 1 atom stereocenters. The Kier molecular flexibility index (Phi) is 6.12. The highest BCUT2D eigenvalue weighted by Crippen LogP contribution is 2.36. The smallest absolute Gasteiger partial charge is 0.164 e. The van der Waals surface area contributed by atoms with Crippen LogP contribution in [0.1, 0.15) is 51.8 Å². The second-order valence-corrected chi connectivity index (χ2v) is 11.6. The van der Waals surface area contributed by atoms with Crippen molar-refractivity contribution in [3.63, 3.8) is 0 Å². The first-order chi connectivity index (χ1) is 17.4. The van der Waals surface area contributed by atoms with Crippen LogP contribution in [0.25, 0.3) is 16.6 Å². The maximum absolute atomic E-state index is 6.37. The number of allylic oxidation sites excluding steroid dienone is 5. The highest BCUT2D eigenvalue weighted by molar-refractivity contribution is 5.97. The first-order valence-electron chi connectivity index (χ1n) is 13.6. The predicted octanol–water partition coefficient (Wildman–Crippen LogP) is 3.56. The fourth-order valence-corrected chi connectivity index (χ4v) is 6.27. The van der Waals surface area contributed by atoms with Gasteiger partial charge in [-0.3, -0.25) is 9.80 Å². The molecule has 6 rings (SSSR count). The van der Waals surface area contributed by atoms with Crippen molar-refractivity contribution in [1.82, 2.24) is 34.4 Å². The van der Waals surface area contributed by atoms with Crippen LogP contribution in [0.2, 0.25) is 0 Å². The number of hydrogen-bond acceptors (Lipinski definition) is 7. The zero-order valence-electron chi connectivity index (χ0n) is 22.0. The molecule has 0 amide bonds. The Morgan fingerprint density at radius 3 is 2.39 bits per heavy atom. The molecule has 1 unspecified atom stereocenters. The molecule has 0 spiro atoms. The highest BCUT2D eigenvalue weighted by atomic mass is 15.4. The second kappa shape index (κ2) is 9.30. The molecule has 0 radical (unpaired) electrons. The molecule has 2 aromatic rings. The average Bonchev–Trinajstić information content (AvgIpc) is 3.20. The van der Waals surface area contributed by atoms with Gasteiger partial charge in [0.25, 0.3) is 0 Å². The highest BCUT2D eigenvalue weighted by Gasteiger charge is 2.41. The fraction of sp³-hybridized carbons (Fsp3) is 0.607. The van der Waals surface area contributed by atoms with Crippen LogP contribution >= 0.6 is 0 Å². The Hall–Kier alpha value is -2.71. The Bertz CT molecular complexity index is 1190. The monoisotopic (exact) mass is 488 g/mol. The maximum atomic E-state index is 6.37. The van der Waals surface area contributed by atoms with Gasteiger partial charge in [0.2, 0.25) is 0 Å². The third-order valence-electron chi connectivity index (χ3n) is 8.95. The van der Waals surface area contributed by atoms with Crippen molar-refractivity contribution in [2.75, 3.05) is 45.0 Å². The lowest BCUT2D eigenvalue weighted by molar-refractivity contribution is -0.0484. The summed E-state index contributed by atoms with van der Waals surface area (Å²) in [6.07, 6.45) is 11.6. The van der Waals surface area contributed by atoms with Gasteiger partial charge in [0.05, 0.1) is 11.4 Å². The molecule has 4 aliphatic rings. The van der Waals surface area contributed by atoms with E-state index in [1.54, 1.807) is 6.33 Å². The Labute approximate surface area is 214 Å². The van der Waals surface area contributed by atoms with Gasteiger partial charge in [-0.1, -0.05) is 38.7 Å². The van der Waals surface area contributed by atoms with Crippen molar-refractivity contribution in [3.05, 3.63) is 42.5 Å². The average molecular weight is 489 g/mol. The Balaban J connectivity index is 1.12. The van der Waals surface area contributed by atoms with Crippen LogP contribution in [0.15, 0.2) is 36.8 Å². The molecular formula is C28H40N8. The molecule has 192 valence electrons. The third kappa shape index (κ3) is 4.14. The number of anilines is 1. The molecule has 36 heavy (non-hydrogen) atoms. The van der Waals surface area contributed by atoms with E-state index in [9.17, 15) is 0 Å². The number of hydrogen-bond donors (Lipinski definition) is 1. The van der Waals surface area contributed by atoms with Crippen molar-refractivity contribution >= 4 is 22.4 Å². The van der Waals surface area contributed by atoms with E-state index < -0.39 is 0 Å². The molecule has 3 saturated heterocycles. The van der Waals surface area contributed by atoms with Crippen molar-refractivity contribution in [1.29, 1.82) is 0 Å². The summed E-state index contributed by atoms with van der Waals surface area (Å²) in [5.41, 5.74) is 10.5. The molecule has 0 saturated carbocycles. The number of nitrogens with zero attached hydrogens (tertiary/aromatic N) is 7. The zero-order chi connectivity index (χ0) is 25.0. The van der Waals surface area contributed by atoms with E-state index in [1.165, 1.54) is 18.8 Å². The number of nitrogens with two attached hydrogens (primary N) is 1. The van der Waals surface area contributed by atoms with Gasteiger partial charge in [0, 0.05) is 57.0 Å². The SMILES string of the molecule is C=C(C)N1CC(N2CC(N3CCC(n4nc(C5=CCC(C(C)C)C=C5)c5c(N)ncnc54)CC3)C2)C1. The molecule has 3 fully saturated rings. The van der Waals surface area contributed by atoms with E-state index in [2.05, 4.69) is 74.9 Å². The van der Waals surface area contributed by atoms with E-state index in [-0.39, 0.29) is 0 Å². The lowest BCUT2D eigenvalue weighted by atomic mass is 9.87. The number of fused-ring (bicyclic) bond motifs is 1. The summed E-state index contributed by atoms with van der Waals surface area (Å²) in [5.74, 6) is 1.74.